The van der Waals surface area contributed by atoms with Gasteiger partial charge in [-0.05, 0) is 25.0 Å². The first-order valence-electron chi connectivity index (χ1n) is 4.50. The van der Waals surface area contributed by atoms with Crippen molar-refractivity contribution in [3.05, 3.63) is 48.2 Å². The zero-order chi connectivity index (χ0) is 9.26. The summed E-state index contributed by atoms with van der Waals surface area (Å²) < 4.78 is 0. The van der Waals surface area contributed by atoms with Gasteiger partial charge in [0.2, 0.25) is 0 Å². The van der Waals surface area contributed by atoms with Crippen LogP contribution < -0.4 is 0 Å². The molecule has 0 aliphatic carbocycles. The lowest BCUT2D eigenvalue weighted by molar-refractivity contribution is 1.19. The van der Waals surface area contributed by atoms with E-state index >= 15 is 0 Å². The highest BCUT2D eigenvalue weighted by Gasteiger charge is 2.04. The Labute approximate surface area is 78.1 Å². The van der Waals surface area contributed by atoms with Crippen LogP contribution in [0.2, 0.25) is 0 Å². The minimum Gasteiger partial charge on any atom is -0.358 e. The molecule has 0 aliphatic rings. The zero-order valence-corrected chi connectivity index (χ0v) is 7.80. The molecule has 0 radical (unpaired) electrons. The highest BCUT2D eigenvalue weighted by atomic mass is 14.7. The Balaban J connectivity index is 2.70. The minimum atomic E-state index is 0.940. The van der Waals surface area contributed by atoms with E-state index in [2.05, 4.69) is 42.8 Å². The van der Waals surface area contributed by atoms with E-state index in [9.17, 15) is 0 Å². The van der Waals surface area contributed by atoms with Crippen LogP contribution in [-0.2, 0) is 6.42 Å². The maximum absolute atomic E-state index is 3.77. The lowest BCUT2D eigenvalue weighted by atomic mass is 10.1. The maximum atomic E-state index is 3.77. The second-order valence-corrected chi connectivity index (χ2v) is 3.27. The maximum Gasteiger partial charge on any atom is 0.0458 e. The molecule has 0 unspecified atom stereocenters. The predicted molar refractivity (Wildman–Crippen MR) is 56.9 cm³/mol. The monoisotopic (exact) mass is 171 g/mol. The van der Waals surface area contributed by atoms with Crippen molar-refractivity contribution in [2.24, 2.45) is 0 Å². The molecule has 2 aromatic rings. The summed E-state index contributed by atoms with van der Waals surface area (Å²) in [5, 5.41) is 1.32. The number of hydrogen-bond donors (Lipinski definition) is 1. The molecule has 1 aromatic heterocycles. The molecule has 0 spiro atoms. The van der Waals surface area contributed by atoms with Gasteiger partial charge in [0.25, 0.3) is 0 Å². The molecular formula is C12H13N. The van der Waals surface area contributed by atoms with Gasteiger partial charge in [-0.15, -0.1) is 6.58 Å². The first-order valence-corrected chi connectivity index (χ1v) is 4.50. The average Bonchev–Trinajstić information content (AvgIpc) is 2.44. The molecule has 0 saturated carbocycles. The van der Waals surface area contributed by atoms with Gasteiger partial charge in [0.15, 0.2) is 0 Å². The van der Waals surface area contributed by atoms with Crippen molar-refractivity contribution >= 4 is 10.9 Å². The van der Waals surface area contributed by atoms with E-state index in [1.807, 2.05) is 6.08 Å². The number of allylic oxidation sites excluding steroid dienone is 1. The number of benzene rings is 1. The Morgan fingerprint density at radius 1 is 1.38 bits per heavy atom. The number of H-pyrrole nitrogens is 1. The summed E-state index contributed by atoms with van der Waals surface area (Å²) in [6, 6.07) is 8.38. The number of aryl methyl sites for hydroxylation is 1. The lowest BCUT2D eigenvalue weighted by Gasteiger charge is -1.94. The quantitative estimate of drug-likeness (QED) is 0.668. The Morgan fingerprint density at radius 2 is 2.15 bits per heavy atom. The molecule has 2 rings (SSSR count). The Bertz CT molecular complexity index is 437. The van der Waals surface area contributed by atoms with Gasteiger partial charge in [0.1, 0.15) is 0 Å². The fraction of sp³-hybridized carbons (Fsp3) is 0.167. The molecule has 13 heavy (non-hydrogen) atoms. The van der Waals surface area contributed by atoms with E-state index in [0.29, 0.717) is 0 Å². The van der Waals surface area contributed by atoms with Gasteiger partial charge in [-0.3, -0.25) is 0 Å². The van der Waals surface area contributed by atoms with E-state index < -0.39 is 0 Å². The van der Waals surface area contributed by atoms with E-state index in [1.165, 1.54) is 22.2 Å². The smallest absolute Gasteiger partial charge is 0.0458 e. The summed E-state index contributed by atoms with van der Waals surface area (Å²) in [7, 11) is 0. The van der Waals surface area contributed by atoms with E-state index in [4.69, 9.17) is 0 Å². The predicted octanol–water partition coefficient (Wildman–Crippen LogP) is 3.20. The standard InChI is InChI=1S/C12H13N/c1-3-6-10-9(2)13-12-8-5-4-7-11(10)12/h3-5,7-8,13H,1,6H2,2H3. The number of fused-ring (bicyclic) bond motifs is 1. The number of para-hydroxylation sites is 1. The Hall–Kier alpha value is -1.50. The Morgan fingerprint density at radius 3 is 2.92 bits per heavy atom. The van der Waals surface area contributed by atoms with Crippen molar-refractivity contribution in [2.45, 2.75) is 13.3 Å². The largest absolute Gasteiger partial charge is 0.358 e. The summed E-state index contributed by atoms with van der Waals surface area (Å²) in [6.07, 6.45) is 2.89. The van der Waals surface area contributed by atoms with Crippen LogP contribution in [0.15, 0.2) is 36.9 Å². The number of aromatic amines is 1. The molecule has 0 fully saturated rings. The van der Waals surface area contributed by atoms with Gasteiger partial charge in [-0.25, -0.2) is 0 Å². The van der Waals surface area contributed by atoms with Crippen molar-refractivity contribution in [1.82, 2.24) is 4.98 Å². The molecule has 0 amide bonds. The van der Waals surface area contributed by atoms with Gasteiger partial charge in [0.05, 0.1) is 0 Å². The van der Waals surface area contributed by atoms with Gasteiger partial charge >= 0.3 is 0 Å². The third-order valence-electron chi connectivity index (χ3n) is 2.38. The lowest BCUT2D eigenvalue weighted by Crippen LogP contribution is -1.81. The third-order valence-corrected chi connectivity index (χ3v) is 2.38. The second-order valence-electron chi connectivity index (χ2n) is 3.27. The van der Waals surface area contributed by atoms with E-state index in [-0.39, 0.29) is 0 Å². The molecule has 1 nitrogen and oxygen atoms in total. The van der Waals surface area contributed by atoms with Crippen LogP contribution in [0.5, 0.6) is 0 Å². The van der Waals surface area contributed by atoms with Crippen molar-refractivity contribution in [2.75, 3.05) is 0 Å². The molecule has 1 N–H and O–H groups in total. The van der Waals surface area contributed by atoms with Gasteiger partial charge in [0, 0.05) is 16.6 Å². The first kappa shape index (κ1) is 8.11. The van der Waals surface area contributed by atoms with Crippen molar-refractivity contribution < 1.29 is 0 Å². The number of aromatic nitrogens is 1. The van der Waals surface area contributed by atoms with Crippen molar-refractivity contribution in [3.63, 3.8) is 0 Å². The third kappa shape index (κ3) is 1.26. The van der Waals surface area contributed by atoms with Crippen LogP contribution in [0, 0.1) is 6.92 Å². The second kappa shape index (κ2) is 3.09. The average molecular weight is 171 g/mol. The molecule has 1 aromatic carbocycles. The fourth-order valence-electron chi connectivity index (χ4n) is 1.74. The highest BCUT2D eigenvalue weighted by Crippen LogP contribution is 2.22. The molecule has 0 saturated heterocycles. The Kier molecular flexibility index (Phi) is 1.93. The molecular weight excluding hydrogens is 158 g/mol. The van der Waals surface area contributed by atoms with Crippen LogP contribution in [0.25, 0.3) is 10.9 Å². The first-order chi connectivity index (χ1) is 6.33. The molecule has 0 bridgehead atoms. The summed E-state index contributed by atoms with van der Waals surface area (Å²) in [6.45, 7) is 5.88. The normalized spacial score (nSPS) is 10.5. The summed E-state index contributed by atoms with van der Waals surface area (Å²) in [4.78, 5) is 3.36. The number of rotatable bonds is 2. The van der Waals surface area contributed by atoms with Crippen LogP contribution in [0.4, 0.5) is 0 Å². The topological polar surface area (TPSA) is 15.8 Å². The summed E-state index contributed by atoms with van der Waals surface area (Å²) in [5.74, 6) is 0. The number of nitrogens with one attached hydrogen (secondary N) is 1. The fourth-order valence-corrected chi connectivity index (χ4v) is 1.74. The van der Waals surface area contributed by atoms with Crippen LogP contribution in [0.1, 0.15) is 11.3 Å². The van der Waals surface area contributed by atoms with E-state index in [1.54, 1.807) is 0 Å². The molecule has 1 heterocycles. The summed E-state index contributed by atoms with van der Waals surface area (Å²) in [5.41, 5.74) is 3.84. The van der Waals surface area contributed by atoms with Crippen LogP contribution >= 0.6 is 0 Å². The van der Waals surface area contributed by atoms with Crippen molar-refractivity contribution in [1.29, 1.82) is 0 Å². The summed E-state index contributed by atoms with van der Waals surface area (Å²) >= 11 is 0. The van der Waals surface area contributed by atoms with Crippen LogP contribution in [0.3, 0.4) is 0 Å². The van der Waals surface area contributed by atoms with Gasteiger partial charge in [-0.1, -0.05) is 24.3 Å². The number of hydrogen-bond acceptors (Lipinski definition) is 0. The molecule has 1 heteroatoms. The highest BCUT2D eigenvalue weighted by molar-refractivity contribution is 5.84. The molecule has 66 valence electrons. The van der Waals surface area contributed by atoms with Crippen LogP contribution in [-0.4, -0.2) is 4.98 Å². The van der Waals surface area contributed by atoms with Crippen molar-refractivity contribution in [3.8, 4) is 0 Å². The van der Waals surface area contributed by atoms with E-state index in [0.717, 1.165) is 6.42 Å². The zero-order valence-electron chi connectivity index (χ0n) is 7.80. The van der Waals surface area contributed by atoms with Gasteiger partial charge in [-0.2, -0.15) is 0 Å². The SMILES string of the molecule is C=CCc1c(C)[nH]c2ccccc12. The molecule has 0 atom stereocenters. The molecule has 0 aliphatic heterocycles. The minimum absolute atomic E-state index is 0.940. The van der Waals surface area contributed by atoms with Gasteiger partial charge < -0.3 is 4.98 Å².